The van der Waals surface area contributed by atoms with Gasteiger partial charge in [0.05, 0.1) is 16.9 Å². The molecule has 234 valence electrons. The van der Waals surface area contributed by atoms with Gasteiger partial charge in [0.15, 0.2) is 0 Å². The lowest BCUT2D eigenvalue weighted by Crippen LogP contribution is -2.58. The Morgan fingerprint density at radius 1 is 1.07 bits per heavy atom. The molecular formula is C33H52N4O3S2. The van der Waals surface area contributed by atoms with Crippen LogP contribution in [0.15, 0.2) is 30.3 Å². The molecule has 2 heterocycles. The number of carbonyl (C=O) groups is 2. The first-order valence-electron chi connectivity index (χ1n) is 15.9. The van der Waals surface area contributed by atoms with Gasteiger partial charge in [0.1, 0.15) is 11.6 Å². The number of carbonyl (C=O) groups excluding carboxylic acids is 2. The molecule has 1 saturated carbocycles. The molecule has 2 N–H and O–H groups in total. The van der Waals surface area contributed by atoms with Crippen LogP contribution in [0.3, 0.4) is 0 Å². The number of piperidine rings is 1. The number of rotatable bonds is 9. The second-order valence-electron chi connectivity index (χ2n) is 13.9. The lowest BCUT2D eigenvalue weighted by molar-refractivity contribution is -0.126. The first-order valence-corrected chi connectivity index (χ1v) is 17.3. The van der Waals surface area contributed by atoms with Crippen molar-refractivity contribution in [1.82, 2.24) is 20.4 Å². The van der Waals surface area contributed by atoms with Gasteiger partial charge in [-0.15, -0.1) is 11.8 Å². The van der Waals surface area contributed by atoms with Crippen molar-refractivity contribution in [2.45, 2.75) is 127 Å². The number of thioether (sulfide) groups is 1. The number of nitrogens with zero attached hydrogens (tertiary/aromatic N) is 2. The van der Waals surface area contributed by atoms with Crippen molar-refractivity contribution in [2.75, 3.05) is 19.0 Å². The van der Waals surface area contributed by atoms with Crippen LogP contribution in [0.5, 0.6) is 0 Å². The van der Waals surface area contributed by atoms with Crippen molar-refractivity contribution in [3.63, 3.8) is 0 Å². The summed E-state index contributed by atoms with van der Waals surface area (Å²) in [5, 5.41) is 6.97. The van der Waals surface area contributed by atoms with Crippen molar-refractivity contribution >= 4 is 41.0 Å². The van der Waals surface area contributed by atoms with Crippen LogP contribution >= 0.6 is 24.0 Å². The van der Waals surface area contributed by atoms with E-state index in [1.54, 1.807) is 16.7 Å². The summed E-state index contributed by atoms with van der Waals surface area (Å²) in [5.74, 6) is 0.974. The summed E-state index contributed by atoms with van der Waals surface area (Å²) in [4.78, 5) is 31.9. The maximum atomic E-state index is 13.9. The molecule has 1 aromatic rings. The van der Waals surface area contributed by atoms with E-state index >= 15 is 0 Å². The van der Waals surface area contributed by atoms with Gasteiger partial charge in [0.2, 0.25) is 5.91 Å². The van der Waals surface area contributed by atoms with Gasteiger partial charge in [-0.1, -0.05) is 74.7 Å². The lowest BCUT2D eigenvalue weighted by atomic mass is 9.85. The van der Waals surface area contributed by atoms with E-state index in [9.17, 15) is 9.59 Å². The summed E-state index contributed by atoms with van der Waals surface area (Å²) in [5.41, 5.74) is 0.721. The number of nitrogens with one attached hydrogen (secondary N) is 2. The molecule has 0 unspecified atom stereocenters. The average molecular weight is 617 g/mol. The van der Waals surface area contributed by atoms with Crippen molar-refractivity contribution in [3.05, 3.63) is 35.9 Å². The minimum Gasteiger partial charge on any atom is -0.444 e. The Morgan fingerprint density at radius 3 is 2.38 bits per heavy atom. The zero-order chi connectivity index (χ0) is 30.3. The van der Waals surface area contributed by atoms with Gasteiger partial charge in [0, 0.05) is 30.4 Å². The van der Waals surface area contributed by atoms with Crippen molar-refractivity contribution in [2.24, 2.45) is 5.92 Å². The van der Waals surface area contributed by atoms with E-state index < -0.39 is 22.5 Å². The third kappa shape index (κ3) is 9.58. The second-order valence-corrected chi connectivity index (χ2v) is 16.0. The molecule has 9 heteroatoms. The maximum Gasteiger partial charge on any atom is 0.411 e. The number of hydrogen-bond acceptors (Lipinski definition) is 6. The first-order chi connectivity index (χ1) is 19.9. The number of thiocarbonyl (C=S) groups is 1. The Morgan fingerprint density at radius 2 is 1.74 bits per heavy atom. The second kappa shape index (κ2) is 14.8. The summed E-state index contributed by atoms with van der Waals surface area (Å²) in [6.45, 7) is 12.6. The van der Waals surface area contributed by atoms with E-state index in [0.717, 1.165) is 50.3 Å². The normalized spacial score (nSPS) is 22.9. The monoisotopic (exact) mass is 616 g/mol. The van der Waals surface area contributed by atoms with Crippen LogP contribution in [0, 0.1) is 5.92 Å². The first kappa shape index (κ1) is 33.1. The fourth-order valence-electron chi connectivity index (χ4n) is 6.48. The molecule has 42 heavy (non-hydrogen) atoms. The molecule has 2 saturated heterocycles. The van der Waals surface area contributed by atoms with E-state index in [1.165, 1.54) is 37.7 Å². The standard InChI is InChI=1S/C33H52N4O3S2/c1-32(2,3)40-31(39)37-23-42-33(4,5)28(37)29(38)35-27(17-16-24-12-8-6-9-13-24)30(41)34-26-18-20-36(21-19-26)22-25-14-10-7-11-15-25/h7,10-11,14-15,24,26-28H,6,8-9,12-13,16-23H2,1-5H3,(H,34,41)(H,35,38)/t27-,28-/m1/s1. The van der Waals surface area contributed by atoms with E-state index in [0.29, 0.717) is 17.8 Å². The predicted molar refractivity (Wildman–Crippen MR) is 177 cm³/mol. The van der Waals surface area contributed by atoms with Crippen LogP contribution in [0.4, 0.5) is 4.79 Å². The SMILES string of the molecule is CC(C)(C)OC(=O)N1CSC(C)(C)[C@H]1C(=O)N[C@H](CCC1CCCCC1)C(=S)NC1CCN(Cc2ccccc2)CC1. The number of amides is 2. The quantitative estimate of drug-likeness (QED) is 0.307. The molecule has 2 atom stereocenters. The molecule has 0 radical (unpaired) electrons. The van der Waals surface area contributed by atoms with E-state index in [4.69, 9.17) is 17.0 Å². The summed E-state index contributed by atoms with van der Waals surface area (Å²) in [6, 6.07) is 10.1. The maximum absolute atomic E-state index is 13.9. The molecule has 1 aliphatic carbocycles. The fourth-order valence-corrected chi connectivity index (χ4v) is 7.94. The molecule has 1 aromatic carbocycles. The molecule has 2 aliphatic heterocycles. The molecule has 2 amide bonds. The van der Waals surface area contributed by atoms with Crippen LogP contribution in [0.1, 0.15) is 98.0 Å². The third-order valence-corrected chi connectivity index (χ3v) is 10.6. The van der Waals surface area contributed by atoms with Crippen LogP contribution in [-0.2, 0) is 16.1 Å². The third-order valence-electron chi connectivity index (χ3n) is 8.83. The highest BCUT2D eigenvalue weighted by Crippen LogP contribution is 2.40. The number of likely N-dealkylation sites (tertiary alicyclic amines) is 1. The van der Waals surface area contributed by atoms with Crippen molar-refractivity contribution in [1.29, 1.82) is 0 Å². The van der Waals surface area contributed by atoms with Crippen molar-refractivity contribution in [3.8, 4) is 0 Å². The van der Waals surface area contributed by atoms with Gasteiger partial charge >= 0.3 is 6.09 Å². The summed E-state index contributed by atoms with van der Waals surface area (Å²) >= 11 is 7.62. The molecule has 4 rings (SSSR count). The minimum absolute atomic E-state index is 0.147. The molecule has 7 nitrogen and oxygen atoms in total. The van der Waals surface area contributed by atoms with E-state index in [1.807, 2.05) is 34.6 Å². The predicted octanol–water partition coefficient (Wildman–Crippen LogP) is 6.50. The molecule has 0 bridgehead atoms. The number of benzene rings is 1. The summed E-state index contributed by atoms with van der Waals surface area (Å²) in [7, 11) is 0. The summed E-state index contributed by atoms with van der Waals surface area (Å²) in [6.07, 6.45) is 9.93. The van der Waals surface area contributed by atoms with E-state index in [2.05, 4.69) is 45.9 Å². The number of hydrogen-bond donors (Lipinski definition) is 2. The zero-order valence-electron chi connectivity index (χ0n) is 26.3. The average Bonchev–Trinajstić information content (AvgIpc) is 3.27. The largest absolute Gasteiger partial charge is 0.444 e. The Kier molecular flexibility index (Phi) is 11.6. The van der Waals surface area contributed by atoms with Gasteiger partial charge < -0.3 is 15.4 Å². The fraction of sp³-hybridized carbons (Fsp3) is 0.727. The number of ether oxygens (including phenoxy) is 1. The molecule has 0 aromatic heterocycles. The van der Waals surface area contributed by atoms with Gasteiger partial charge in [0.25, 0.3) is 0 Å². The minimum atomic E-state index is -0.626. The topological polar surface area (TPSA) is 73.9 Å². The Bertz CT molecular complexity index is 1050. The highest BCUT2D eigenvalue weighted by molar-refractivity contribution is 8.00. The van der Waals surface area contributed by atoms with Gasteiger partial charge in [-0.3, -0.25) is 14.6 Å². The molecule has 3 aliphatic rings. The molecular weight excluding hydrogens is 565 g/mol. The van der Waals surface area contributed by atoms with Gasteiger partial charge in [-0.25, -0.2) is 4.79 Å². The highest BCUT2D eigenvalue weighted by atomic mass is 32.2. The Hall–Kier alpha value is -1.84. The lowest BCUT2D eigenvalue weighted by Gasteiger charge is -2.36. The van der Waals surface area contributed by atoms with Crippen LogP contribution in [-0.4, -0.2) is 74.2 Å². The Labute approximate surface area is 263 Å². The molecule has 0 spiro atoms. The highest BCUT2D eigenvalue weighted by Gasteiger charge is 2.49. The van der Waals surface area contributed by atoms with Crippen molar-refractivity contribution < 1.29 is 14.3 Å². The zero-order valence-corrected chi connectivity index (χ0v) is 28.0. The van der Waals surface area contributed by atoms with Crippen LogP contribution in [0.2, 0.25) is 0 Å². The Balaban J connectivity index is 1.39. The van der Waals surface area contributed by atoms with Crippen LogP contribution in [0.25, 0.3) is 0 Å². The van der Waals surface area contributed by atoms with E-state index in [-0.39, 0.29) is 11.9 Å². The van der Waals surface area contributed by atoms with Gasteiger partial charge in [-0.05, 0) is 71.8 Å². The van der Waals surface area contributed by atoms with Crippen LogP contribution < -0.4 is 10.6 Å². The summed E-state index contributed by atoms with van der Waals surface area (Å²) < 4.78 is 5.24. The van der Waals surface area contributed by atoms with Gasteiger partial charge in [-0.2, -0.15) is 0 Å². The smallest absolute Gasteiger partial charge is 0.411 e. The molecule has 3 fully saturated rings.